The first-order valence-electron chi connectivity index (χ1n) is 11.7. The summed E-state index contributed by atoms with van der Waals surface area (Å²) < 4.78 is 32.6. The van der Waals surface area contributed by atoms with E-state index in [0.29, 0.717) is 13.1 Å². The first kappa shape index (κ1) is 26.2. The van der Waals surface area contributed by atoms with E-state index in [1.807, 2.05) is 19.1 Å². The Labute approximate surface area is 202 Å². The predicted octanol–water partition coefficient (Wildman–Crippen LogP) is 2.02. The van der Waals surface area contributed by atoms with Crippen LogP contribution in [0, 0.1) is 0 Å². The van der Waals surface area contributed by atoms with Gasteiger partial charge in [-0.25, -0.2) is 12.7 Å². The van der Waals surface area contributed by atoms with E-state index in [0.717, 1.165) is 32.4 Å². The molecule has 0 aliphatic carbocycles. The smallest absolute Gasteiger partial charge is 0.258 e. The van der Waals surface area contributed by atoms with Gasteiger partial charge >= 0.3 is 0 Å². The minimum atomic E-state index is -3.72. The molecule has 3 rings (SSSR count). The van der Waals surface area contributed by atoms with Gasteiger partial charge in [0.1, 0.15) is 10.6 Å². The van der Waals surface area contributed by atoms with Crippen molar-refractivity contribution >= 4 is 15.9 Å². The third kappa shape index (κ3) is 7.02. The lowest BCUT2D eigenvalue weighted by molar-refractivity contribution is -0.123. The molecule has 0 radical (unpaired) electrons. The molecule has 1 atom stereocenters. The number of hydrogen-bond donors (Lipinski definition) is 2. The molecule has 1 aliphatic heterocycles. The van der Waals surface area contributed by atoms with Crippen molar-refractivity contribution in [2.75, 3.05) is 39.8 Å². The third-order valence-corrected chi connectivity index (χ3v) is 7.83. The second-order valence-electron chi connectivity index (χ2n) is 8.63. The summed E-state index contributed by atoms with van der Waals surface area (Å²) in [5.74, 6) is -0.289. The summed E-state index contributed by atoms with van der Waals surface area (Å²) in [5, 5.41) is 13.1. The van der Waals surface area contributed by atoms with Gasteiger partial charge < -0.3 is 15.2 Å². The number of ether oxygens (including phenoxy) is 1. The first-order chi connectivity index (χ1) is 16.3. The molecule has 0 fully saturated rings. The van der Waals surface area contributed by atoms with Crippen molar-refractivity contribution in [1.82, 2.24) is 14.5 Å². The molecule has 0 saturated heterocycles. The zero-order valence-corrected chi connectivity index (χ0v) is 20.8. The highest BCUT2D eigenvalue weighted by atomic mass is 32.2. The van der Waals surface area contributed by atoms with Crippen molar-refractivity contribution in [3.05, 3.63) is 59.7 Å². The standard InChI is InChI=1S/C25H35N3O5S/c1-3-4-14-27(2)34(31,32)24-12-8-7-11-23(24)33-19-25(30)26-16-22(29)18-28-15-13-20-9-5-6-10-21(20)17-28/h5-12,22,29H,3-4,13-19H2,1-2H3,(H,26,30)/t22-/m1/s1. The summed E-state index contributed by atoms with van der Waals surface area (Å²) in [6, 6.07) is 14.6. The van der Waals surface area contributed by atoms with Crippen LogP contribution in [-0.4, -0.2) is 74.6 Å². The molecule has 0 aromatic heterocycles. The molecule has 2 aromatic carbocycles. The van der Waals surface area contributed by atoms with Gasteiger partial charge in [-0.05, 0) is 36.1 Å². The fraction of sp³-hybridized carbons (Fsp3) is 0.480. The summed E-state index contributed by atoms with van der Waals surface area (Å²) in [7, 11) is -2.18. The molecule has 34 heavy (non-hydrogen) atoms. The number of carbonyl (C=O) groups excluding carboxylic acids is 1. The van der Waals surface area contributed by atoms with Crippen LogP contribution in [0.3, 0.4) is 0 Å². The Morgan fingerprint density at radius 2 is 1.88 bits per heavy atom. The number of para-hydroxylation sites is 1. The van der Waals surface area contributed by atoms with Crippen molar-refractivity contribution in [3.8, 4) is 5.75 Å². The van der Waals surface area contributed by atoms with Crippen molar-refractivity contribution < 1.29 is 23.1 Å². The molecule has 0 bridgehead atoms. The maximum Gasteiger partial charge on any atom is 0.258 e. The van der Waals surface area contributed by atoms with Crippen molar-refractivity contribution in [3.63, 3.8) is 0 Å². The van der Waals surface area contributed by atoms with Crippen LogP contribution in [0.5, 0.6) is 5.75 Å². The summed E-state index contributed by atoms with van der Waals surface area (Å²) in [6.07, 6.45) is 1.87. The lowest BCUT2D eigenvalue weighted by Gasteiger charge is -2.30. The maximum atomic E-state index is 12.9. The summed E-state index contributed by atoms with van der Waals surface area (Å²) in [5.41, 5.74) is 2.62. The molecule has 2 N–H and O–H groups in total. The summed E-state index contributed by atoms with van der Waals surface area (Å²) in [6.45, 7) is 4.27. The number of carbonyl (C=O) groups is 1. The average Bonchev–Trinajstić information content (AvgIpc) is 2.84. The Bertz CT molecular complexity index is 1060. The van der Waals surface area contributed by atoms with Gasteiger partial charge in [-0.2, -0.15) is 0 Å². The number of β-amino-alcohol motifs (C(OH)–C–C–N with tert-alkyl or cyclic N) is 1. The van der Waals surface area contributed by atoms with Gasteiger partial charge in [0.2, 0.25) is 10.0 Å². The minimum Gasteiger partial charge on any atom is -0.482 e. The van der Waals surface area contributed by atoms with E-state index in [4.69, 9.17) is 4.74 Å². The van der Waals surface area contributed by atoms with E-state index in [1.54, 1.807) is 12.1 Å². The van der Waals surface area contributed by atoms with Crippen LogP contribution in [0.1, 0.15) is 30.9 Å². The lowest BCUT2D eigenvalue weighted by Crippen LogP contribution is -2.43. The second kappa shape index (κ2) is 12.3. The van der Waals surface area contributed by atoms with Gasteiger partial charge in [0.15, 0.2) is 6.61 Å². The number of amides is 1. The molecular formula is C25H35N3O5S. The first-order valence-corrected chi connectivity index (χ1v) is 13.2. The zero-order valence-electron chi connectivity index (χ0n) is 19.9. The Kier molecular flexibility index (Phi) is 9.46. The SMILES string of the molecule is CCCCN(C)S(=O)(=O)c1ccccc1OCC(=O)NC[C@@H](O)CN1CCc2ccccc2C1. The monoisotopic (exact) mass is 489 g/mol. The molecular weight excluding hydrogens is 454 g/mol. The largest absolute Gasteiger partial charge is 0.482 e. The average molecular weight is 490 g/mol. The van der Waals surface area contributed by atoms with Crippen LogP contribution in [0.2, 0.25) is 0 Å². The summed E-state index contributed by atoms with van der Waals surface area (Å²) in [4.78, 5) is 14.5. The van der Waals surface area contributed by atoms with E-state index in [-0.39, 0.29) is 23.8 Å². The van der Waals surface area contributed by atoms with Crippen LogP contribution >= 0.6 is 0 Å². The van der Waals surface area contributed by atoms with Crippen molar-refractivity contribution in [2.45, 2.75) is 43.7 Å². The highest BCUT2D eigenvalue weighted by Gasteiger charge is 2.25. The molecule has 1 aliphatic rings. The second-order valence-corrected chi connectivity index (χ2v) is 10.6. The minimum absolute atomic E-state index is 0.0341. The number of hydrogen-bond acceptors (Lipinski definition) is 6. The Morgan fingerprint density at radius 3 is 2.65 bits per heavy atom. The topological polar surface area (TPSA) is 99.2 Å². The van der Waals surface area contributed by atoms with Crippen LogP contribution < -0.4 is 10.1 Å². The number of fused-ring (bicyclic) bond motifs is 1. The molecule has 0 unspecified atom stereocenters. The van der Waals surface area contributed by atoms with Gasteiger partial charge in [-0.15, -0.1) is 0 Å². The van der Waals surface area contributed by atoms with E-state index in [9.17, 15) is 18.3 Å². The Hall–Kier alpha value is -2.46. The zero-order chi connectivity index (χ0) is 24.6. The summed E-state index contributed by atoms with van der Waals surface area (Å²) >= 11 is 0. The number of benzene rings is 2. The van der Waals surface area contributed by atoms with Gasteiger partial charge in [-0.1, -0.05) is 49.7 Å². The van der Waals surface area contributed by atoms with Gasteiger partial charge in [0, 0.05) is 39.8 Å². The van der Waals surface area contributed by atoms with Crippen LogP contribution in [0.25, 0.3) is 0 Å². The van der Waals surface area contributed by atoms with Gasteiger partial charge in [-0.3, -0.25) is 9.69 Å². The molecule has 0 saturated carbocycles. The molecule has 2 aromatic rings. The molecule has 0 spiro atoms. The van der Waals surface area contributed by atoms with Crippen LogP contribution in [0.15, 0.2) is 53.4 Å². The predicted molar refractivity (Wildman–Crippen MR) is 131 cm³/mol. The fourth-order valence-electron chi connectivity index (χ4n) is 3.95. The van der Waals surface area contributed by atoms with Gasteiger partial charge in [0.25, 0.3) is 5.91 Å². The number of aliphatic hydroxyl groups is 1. The van der Waals surface area contributed by atoms with Crippen molar-refractivity contribution in [2.24, 2.45) is 0 Å². The van der Waals surface area contributed by atoms with E-state index >= 15 is 0 Å². The van der Waals surface area contributed by atoms with Crippen LogP contribution in [0.4, 0.5) is 0 Å². The highest BCUT2D eigenvalue weighted by molar-refractivity contribution is 7.89. The number of nitrogens with one attached hydrogen (secondary N) is 1. The highest BCUT2D eigenvalue weighted by Crippen LogP contribution is 2.26. The van der Waals surface area contributed by atoms with Crippen molar-refractivity contribution in [1.29, 1.82) is 0 Å². The normalized spacial score (nSPS) is 15.1. The molecule has 1 heterocycles. The number of aliphatic hydroxyl groups excluding tert-OH is 1. The number of sulfonamides is 1. The molecule has 8 nitrogen and oxygen atoms in total. The van der Waals surface area contributed by atoms with Crippen LogP contribution in [-0.2, 0) is 27.8 Å². The lowest BCUT2D eigenvalue weighted by atomic mass is 10.00. The number of rotatable bonds is 12. The fourth-order valence-corrected chi connectivity index (χ4v) is 5.29. The van der Waals surface area contributed by atoms with E-state index in [2.05, 4.69) is 22.3 Å². The molecule has 1 amide bonds. The Morgan fingerprint density at radius 1 is 1.18 bits per heavy atom. The van der Waals surface area contributed by atoms with Gasteiger partial charge in [0.05, 0.1) is 6.10 Å². The quantitative estimate of drug-likeness (QED) is 0.473. The maximum absolute atomic E-state index is 12.9. The number of nitrogens with zero attached hydrogens (tertiary/aromatic N) is 2. The number of unbranched alkanes of at least 4 members (excludes halogenated alkanes) is 1. The van der Waals surface area contributed by atoms with E-state index in [1.165, 1.54) is 34.6 Å². The Balaban J connectivity index is 1.47. The van der Waals surface area contributed by atoms with E-state index < -0.39 is 22.0 Å². The third-order valence-electron chi connectivity index (χ3n) is 5.94. The molecule has 9 heteroatoms. The molecule has 186 valence electrons.